The molecular formula is C13H14FN3O. The molecule has 2 aromatic rings. The van der Waals surface area contributed by atoms with Crippen LogP contribution >= 0.6 is 0 Å². The zero-order valence-electron chi connectivity index (χ0n) is 10.1. The number of anilines is 1. The molecule has 4 nitrogen and oxygen atoms in total. The van der Waals surface area contributed by atoms with Crippen LogP contribution < -0.4 is 10.1 Å². The first-order valence-corrected chi connectivity index (χ1v) is 5.71. The van der Waals surface area contributed by atoms with Crippen molar-refractivity contribution >= 4 is 5.82 Å². The molecule has 1 aromatic carbocycles. The largest absolute Gasteiger partial charge is 0.473 e. The Labute approximate surface area is 105 Å². The maximum Gasteiger partial charge on any atom is 0.218 e. The van der Waals surface area contributed by atoms with E-state index in [0.29, 0.717) is 17.3 Å². The second kappa shape index (κ2) is 5.95. The van der Waals surface area contributed by atoms with Crippen LogP contribution in [0.4, 0.5) is 10.2 Å². The third-order valence-corrected chi connectivity index (χ3v) is 2.33. The number of hydrogen-bond donors (Lipinski definition) is 1. The molecule has 0 spiro atoms. The van der Waals surface area contributed by atoms with Crippen LogP contribution in [0.3, 0.4) is 0 Å². The number of aromatic nitrogens is 2. The zero-order chi connectivity index (χ0) is 12.8. The van der Waals surface area contributed by atoms with E-state index < -0.39 is 0 Å². The highest BCUT2D eigenvalue weighted by Gasteiger charge is 2.03. The number of benzene rings is 1. The second-order valence-corrected chi connectivity index (χ2v) is 3.65. The van der Waals surface area contributed by atoms with E-state index in [1.807, 2.05) is 6.92 Å². The van der Waals surface area contributed by atoms with Gasteiger partial charge in [-0.15, -0.1) is 0 Å². The van der Waals surface area contributed by atoms with Crippen LogP contribution in [0.1, 0.15) is 12.5 Å². The number of nitrogens with one attached hydrogen (secondary N) is 1. The van der Waals surface area contributed by atoms with Crippen LogP contribution in [0.25, 0.3) is 0 Å². The molecule has 0 atom stereocenters. The molecule has 0 saturated heterocycles. The topological polar surface area (TPSA) is 47.0 Å². The van der Waals surface area contributed by atoms with Crippen molar-refractivity contribution < 1.29 is 9.13 Å². The monoisotopic (exact) mass is 247 g/mol. The van der Waals surface area contributed by atoms with Crippen molar-refractivity contribution in [3.8, 4) is 5.88 Å². The highest BCUT2D eigenvalue weighted by molar-refractivity contribution is 5.36. The van der Waals surface area contributed by atoms with Gasteiger partial charge >= 0.3 is 0 Å². The van der Waals surface area contributed by atoms with Crippen molar-refractivity contribution in [1.29, 1.82) is 0 Å². The summed E-state index contributed by atoms with van der Waals surface area (Å²) in [5, 5.41) is 3.05. The third-order valence-electron chi connectivity index (χ3n) is 2.33. The first kappa shape index (κ1) is 12.3. The molecule has 1 aromatic heterocycles. The highest BCUT2D eigenvalue weighted by Crippen LogP contribution is 2.14. The SMILES string of the molecule is CCNc1cc(OCc2ccccc2F)ncn1. The van der Waals surface area contributed by atoms with E-state index in [4.69, 9.17) is 4.74 Å². The Balaban J connectivity index is 2.02. The lowest BCUT2D eigenvalue weighted by atomic mass is 10.2. The summed E-state index contributed by atoms with van der Waals surface area (Å²) in [6, 6.07) is 8.19. The fraction of sp³-hybridized carbons (Fsp3) is 0.231. The molecule has 0 saturated carbocycles. The Kier molecular flexibility index (Phi) is 4.06. The minimum Gasteiger partial charge on any atom is -0.473 e. The van der Waals surface area contributed by atoms with Gasteiger partial charge in [-0.3, -0.25) is 0 Å². The molecule has 0 fully saturated rings. The molecule has 0 radical (unpaired) electrons. The normalized spacial score (nSPS) is 10.1. The highest BCUT2D eigenvalue weighted by atomic mass is 19.1. The standard InChI is InChI=1S/C13H14FN3O/c1-2-15-12-7-13(17-9-16-12)18-8-10-5-3-4-6-11(10)14/h3-7,9H,2,8H2,1H3,(H,15,16,17). The van der Waals surface area contributed by atoms with Gasteiger partial charge < -0.3 is 10.1 Å². The van der Waals surface area contributed by atoms with E-state index in [9.17, 15) is 4.39 Å². The minimum atomic E-state index is -0.279. The van der Waals surface area contributed by atoms with E-state index in [0.717, 1.165) is 6.54 Å². The van der Waals surface area contributed by atoms with E-state index in [1.54, 1.807) is 24.3 Å². The van der Waals surface area contributed by atoms with Crippen molar-refractivity contribution in [3.63, 3.8) is 0 Å². The molecule has 18 heavy (non-hydrogen) atoms. The van der Waals surface area contributed by atoms with Gasteiger partial charge in [-0.25, -0.2) is 14.4 Å². The summed E-state index contributed by atoms with van der Waals surface area (Å²) in [6.07, 6.45) is 1.41. The van der Waals surface area contributed by atoms with E-state index in [-0.39, 0.29) is 12.4 Å². The smallest absolute Gasteiger partial charge is 0.218 e. The van der Waals surface area contributed by atoms with E-state index in [1.165, 1.54) is 12.4 Å². The molecule has 0 aliphatic rings. The average molecular weight is 247 g/mol. The third kappa shape index (κ3) is 3.16. The van der Waals surface area contributed by atoms with Gasteiger partial charge in [0.15, 0.2) is 0 Å². The summed E-state index contributed by atoms with van der Waals surface area (Å²) < 4.78 is 18.8. The van der Waals surface area contributed by atoms with Gasteiger partial charge in [-0.05, 0) is 13.0 Å². The summed E-state index contributed by atoms with van der Waals surface area (Å²) in [6.45, 7) is 2.89. The van der Waals surface area contributed by atoms with Gasteiger partial charge in [-0.2, -0.15) is 0 Å². The lowest BCUT2D eigenvalue weighted by Crippen LogP contribution is -2.03. The Morgan fingerprint density at radius 2 is 2.11 bits per heavy atom. The van der Waals surface area contributed by atoms with Crippen LogP contribution in [-0.2, 0) is 6.61 Å². The molecule has 0 bridgehead atoms. The Hall–Kier alpha value is -2.17. The molecule has 5 heteroatoms. The fourth-order valence-electron chi connectivity index (χ4n) is 1.46. The van der Waals surface area contributed by atoms with Crippen LogP contribution in [-0.4, -0.2) is 16.5 Å². The van der Waals surface area contributed by atoms with Crippen molar-refractivity contribution in [3.05, 3.63) is 48.0 Å². The van der Waals surface area contributed by atoms with Gasteiger partial charge in [0.25, 0.3) is 0 Å². The van der Waals surface area contributed by atoms with Gasteiger partial charge in [-0.1, -0.05) is 18.2 Å². The molecule has 0 amide bonds. The molecule has 1 heterocycles. The molecule has 0 aliphatic carbocycles. The molecule has 94 valence electrons. The summed E-state index contributed by atoms with van der Waals surface area (Å²) in [5.74, 6) is 0.832. The Bertz CT molecular complexity index is 519. The maximum atomic E-state index is 13.4. The van der Waals surface area contributed by atoms with Gasteiger partial charge in [0.2, 0.25) is 5.88 Å². The van der Waals surface area contributed by atoms with Crippen LogP contribution in [0.15, 0.2) is 36.7 Å². The number of rotatable bonds is 5. The maximum absolute atomic E-state index is 13.4. The molecular weight excluding hydrogens is 233 g/mol. The average Bonchev–Trinajstić information content (AvgIpc) is 2.39. The number of halogens is 1. The van der Waals surface area contributed by atoms with Crippen molar-refractivity contribution in [2.75, 3.05) is 11.9 Å². The van der Waals surface area contributed by atoms with E-state index >= 15 is 0 Å². The van der Waals surface area contributed by atoms with Crippen LogP contribution in [0, 0.1) is 5.82 Å². The summed E-state index contributed by atoms with van der Waals surface area (Å²) in [5.41, 5.74) is 0.501. The van der Waals surface area contributed by atoms with Crippen molar-refractivity contribution in [2.24, 2.45) is 0 Å². The number of hydrogen-bond acceptors (Lipinski definition) is 4. The molecule has 1 N–H and O–H groups in total. The quantitative estimate of drug-likeness (QED) is 0.882. The number of ether oxygens (including phenoxy) is 1. The molecule has 0 aliphatic heterocycles. The Morgan fingerprint density at radius 1 is 1.28 bits per heavy atom. The Morgan fingerprint density at radius 3 is 2.89 bits per heavy atom. The number of nitrogens with zero attached hydrogens (tertiary/aromatic N) is 2. The van der Waals surface area contributed by atoms with Crippen molar-refractivity contribution in [2.45, 2.75) is 13.5 Å². The van der Waals surface area contributed by atoms with Gasteiger partial charge in [0.05, 0.1) is 0 Å². The lowest BCUT2D eigenvalue weighted by Gasteiger charge is -2.07. The first-order chi connectivity index (χ1) is 8.79. The summed E-state index contributed by atoms with van der Waals surface area (Å²) in [7, 11) is 0. The minimum absolute atomic E-state index is 0.148. The van der Waals surface area contributed by atoms with E-state index in [2.05, 4.69) is 15.3 Å². The van der Waals surface area contributed by atoms with Crippen LogP contribution in [0.5, 0.6) is 5.88 Å². The van der Waals surface area contributed by atoms with Crippen molar-refractivity contribution in [1.82, 2.24) is 9.97 Å². The zero-order valence-corrected chi connectivity index (χ0v) is 10.1. The van der Waals surface area contributed by atoms with Crippen LogP contribution in [0.2, 0.25) is 0 Å². The van der Waals surface area contributed by atoms with Gasteiger partial charge in [0.1, 0.15) is 24.6 Å². The lowest BCUT2D eigenvalue weighted by molar-refractivity contribution is 0.287. The summed E-state index contributed by atoms with van der Waals surface area (Å²) >= 11 is 0. The first-order valence-electron chi connectivity index (χ1n) is 5.71. The predicted molar refractivity (Wildman–Crippen MR) is 66.9 cm³/mol. The molecule has 0 unspecified atom stereocenters. The predicted octanol–water partition coefficient (Wildman–Crippen LogP) is 2.63. The second-order valence-electron chi connectivity index (χ2n) is 3.65. The summed E-state index contributed by atoms with van der Waals surface area (Å²) in [4.78, 5) is 8.00. The fourth-order valence-corrected chi connectivity index (χ4v) is 1.46. The van der Waals surface area contributed by atoms with Gasteiger partial charge in [0, 0.05) is 18.2 Å². The molecule has 2 rings (SSSR count).